The number of hydrogen-bond donors (Lipinski definition) is 0. The molecule has 0 aromatic heterocycles. The van der Waals surface area contributed by atoms with Crippen LogP contribution in [0.3, 0.4) is 0 Å². The Morgan fingerprint density at radius 1 is 1.29 bits per heavy atom. The van der Waals surface area contributed by atoms with E-state index in [1.807, 2.05) is 0 Å². The van der Waals surface area contributed by atoms with Crippen molar-refractivity contribution in [2.75, 3.05) is 6.61 Å². The average Bonchev–Trinajstić information content (AvgIpc) is 2.32. The summed E-state index contributed by atoms with van der Waals surface area (Å²) in [6.07, 6.45) is 0. The van der Waals surface area contributed by atoms with Gasteiger partial charge in [-0.2, -0.15) is 0 Å². The lowest BCUT2D eigenvalue weighted by Gasteiger charge is -2.23. The summed E-state index contributed by atoms with van der Waals surface area (Å²) in [4.78, 5) is 0. The van der Waals surface area contributed by atoms with Crippen LogP contribution >= 0.6 is 0 Å². The molecule has 2 unspecified atom stereocenters. The first-order valence-electron chi connectivity index (χ1n) is 4.89. The Bertz CT molecular complexity index is 278. The summed E-state index contributed by atoms with van der Waals surface area (Å²) in [6, 6.07) is 0. The summed E-state index contributed by atoms with van der Waals surface area (Å²) in [5, 5.41) is 0. The highest BCUT2D eigenvalue weighted by molar-refractivity contribution is 5.98. The Hall–Kier alpha value is -0.755. The Morgan fingerprint density at radius 2 is 1.86 bits per heavy atom. The van der Waals surface area contributed by atoms with E-state index >= 15 is 0 Å². The molecule has 0 N–H and O–H groups in total. The van der Waals surface area contributed by atoms with Gasteiger partial charge >= 0.3 is 0 Å². The lowest BCUT2D eigenvalue weighted by atomic mass is 9.83. The third-order valence-corrected chi connectivity index (χ3v) is 3.05. The lowest BCUT2D eigenvalue weighted by molar-refractivity contribution is 0.237. The van der Waals surface area contributed by atoms with Crippen LogP contribution in [0.1, 0.15) is 13.8 Å². The van der Waals surface area contributed by atoms with E-state index in [1.54, 1.807) is 0 Å². The third kappa shape index (κ3) is 1.71. The van der Waals surface area contributed by atoms with E-state index in [9.17, 15) is 0 Å². The maximum Gasteiger partial charge on any atom is 0.282 e. The van der Waals surface area contributed by atoms with E-state index in [0.717, 1.165) is 16.7 Å². The molecule has 1 aliphatic carbocycles. The van der Waals surface area contributed by atoms with Crippen LogP contribution in [0.2, 0.25) is 0 Å². The van der Waals surface area contributed by atoms with Crippen LogP contribution in [0.5, 0.6) is 0 Å². The average molecular weight is 188 g/mol. The van der Waals surface area contributed by atoms with E-state index < -0.39 is 0 Å². The van der Waals surface area contributed by atoms with Gasteiger partial charge in [-0.05, 0) is 28.6 Å². The van der Waals surface area contributed by atoms with Gasteiger partial charge in [-0.1, -0.05) is 33.6 Å². The highest BCUT2D eigenvalue weighted by atomic mass is 16.4. The quantitative estimate of drug-likeness (QED) is 0.618. The fourth-order valence-electron chi connectivity index (χ4n) is 2.27. The minimum absolute atomic E-state index is 0.250. The molecule has 0 heterocycles. The summed E-state index contributed by atoms with van der Waals surface area (Å²) in [6.45, 7) is 16.9. The van der Waals surface area contributed by atoms with Gasteiger partial charge in [-0.15, -0.1) is 0 Å². The maximum atomic E-state index is 5.12. The van der Waals surface area contributed by atoms with E-state index in [2.05, 4.69) is 33.6 Å². The van der Waals surface area contributed by atoms with Crippen molar-refractivity contribution < 1.29 is 4.65 Å². The molecule has 2 radical (unpaired) electrons. The van der Waals surface area contributed by atoms with Gasteiger partial charge in [0.15, 0.2) is 0 Å². The topological polar surface area (TPSA) is 9.23 Å². The second-order valence-corrected chi connectivity index (χ2v) is 4.24. The predicted octanol–water partition coefficient (Wildman–Crippen LogP) is 2.66. The molecule has 1 rings (SSSR count). The zero-order chi connectivity index (χ0) is 10.9. The van der Waals surface area contributed by atoms with Crippen LogP contribution in [-0.4, -0.2) is 14.7 Å². The van der Waals surface area contributed by atoms with Gasteiger partial charge in [0.25, 0.3) is 8.05 Å². The smallest absolute Gasteiger partial charge is 0.282 e. The van der Waals surface area contributed by atoms with Crippen molar-refractivity contribution in [2.45, 2.75) is 13.8 Å². The predicted molar refractivity (Wildman–Crippen MR) is 60.9 cm³/mol. The van der Waals surface area contributed by atoms with Crippen LogP contribution < -0.4 is 0 Å². The van der Waals surface area contributed by atoms with Crippen molar-refractivity contribution in [3.05, 3.63) is 36.5 Å². The largest absolute Gasteiger partial charge is 0.447 e. The molecule has 0 aliphatic heterocycles. The van der Waals surface area contributed by atoms with Crippen LogP contribution in [-0.2, 0) is 4.65 Å². The van der Waals surface area contributed by atoms with E-state index in [0.29, 0.717) is 18.4 Å². The zero-order valence-electron chi connectivity index (χ0n) is 9.05. The molecule has 2 atom stereocenters. The molecule has 0 aromatic rings. The van der Waals surface area contributed by atoms with Gasteiger partial charge in [-0.3, -0.25) is 0 Å². The summed E-state index contributed by atoms with van der Waals surface area (Å²) in [5.41, 5.74) is 3.09. The number of allylic oxidation sites excluding steroid dienone is 2. The molecule has 2 heteroatoms. The molecule has 0 spiro atoms. The van der Waals surface area contributed by atoms with Crippen molar-refractivity contribution in [2.24, 2.45) is 17.8 Å². The summed E-state index contributed by atoms with van der Waals surface area (Å²) < 4.78 is 4.73. The molecule has 1 nitrogen and oxygen atoms in total. The van der Waals surface area contributed by atoms with E-state index in [1.165, 1.54) is 0 Å². The molecule has 0 aromatic carbocycles. The van der Waals surface area contributed by atoms with Crippen molar-refractivity contribution in [1.29, 1.82) is 0 Å². The molecular weight excluding hydrogens is 171 g/mol. The molecule has 0 bridgehead atoms. The second-order valence-electron chi connectivity index (χ2n) is 4.24. The molecule has 1 fully saturated rings. The minimum Gasteiger partial charge on any atom is -0.447 e. The standard InChI is InChI=1S/C12H17BO/c1-7(2)12-10(5)8(3)9(4)11(12)6-14-13/h7,11-12H,3-6H2,1-2H3. The molecule has 74 valence electrons. The molecule has 1 aliphatic rings. The first-order chi connectivity index (χ1) is 6.50. The number of rotatable bonds is 3. The van der Waals surface area contributed by atoms with Gasteiger partial charge in [0.05, 0.1) is 0 Å². The van der Waals surface area contributed by atoms with Crippen LogP contribution in [0.4, 0.5) is 0 Å². The Labute approximate surface area is 88.0 Å². The van der Waals surface area contributed by atoms with Crippen molar-refractivity contribution in [1.82, 2.24) is 0 Å². The summed E-state index contributed by atoms with van der Waals surface area (Å²) in [5.74, 6) is 1.14. The van der Waals surface area contributed by atoms with Crippen LogP contribution in [0, 0.1) is 17.8 Å². The normalized spacial score (nSPS) is 27.8. The van der Waals surface area contributed by atoms with Gasteiger partial charge < -0.3 is 4.65 Å². The monoisotopic (exact) mass is 188 g/mol. The summed E-state index contributed by atoms with van der Waals surface area (Å²) in [7, 11) is 5.12. The zero-order valence-corrected chi connectivity index (χ0v) is 9.05. The molecule has 0 amide bonds. The second kappa shape index (κ2) is 4.18. The fraction of sp³-hybridized carbons (Fsp3) is 0.500. The Balaban J connectivity index is 2.95. The first-order valence-corrected chi connectivity index (χ1v) is 4.89. The van der Waals surface area contributed by atoms with Crippen molar-refractivity contribution in [3.63, 3.8) is 0 Å². The highest BCUT2D eigenvalue weighted by Crippen LogP contribution is 2.45. The minimum atomic E-state index is 0.250. The molecule has 1 saturated carbocycles. The van der Waals surface area contributed by atoms with Gasteiger partial charge in [0.2, 0.25) is 0 Å². The van der Waals surface area contributed by atoms with E-state index in [-0.39, 0.29) is 5.92 Å². The molecular formula is C12H17BO. The van der Waals surface area contributed by atoms with E-state index in [4.69, 9.17) is 12.7 Å². The highest BCUT2D eigenvalue weighted by Gasteiger charge is 2.37. The molecule has 0 saturated heterocycles. The number of hydrogen-bond acceptors (Lipinski definition) is 1. The summed E-state index contributed by atoms with van der Waals surface area (Å²) >= 11 is 0. The maximum absolute atomic E-state index is 5.12. The van der Waals surface area contributed by atoms with Gasteiger partial charge in [0, 0.05) is 12.5 Å². The van der Waals surface area contributed by atoms with Crippen molar-refractivity contribution in [3.8, 4) is 0 Å². The first kappa shape index (κ1) is 11.3. The van der Waals surface area contributed by atoms with Crippen molar-refractivity contribution >= 4 is 8.05 Å². The Morgan fingerprint density at radius 3 is 2.29 bits per heavy atom. The van der Waals surface area contributed by atoms with Crippen LogP contribution in [0.25, 0.3) is 0 Å². The Kier molecular flexibility index (Phi) is 3.38. The third-order valence-electron chi connectivity index (χ3n) is 3.05. The van der Waals surface area contributed by atoms with Crippen LogP contribution in [0.15, 0.2) is 36.5 Å². The lowest BCUT2D eigenvalue weighted by Crippen LogP contribution is -2.20. The van der Waals surface area contributed by atoms with Gasteiger partial charge in [-0.25, -0.2) is 0 Å². The fourth-order valence-corrected chi connectivity index (χ4v) is 2.27. The SMILES string of the molecule is [B]OCC1C(=C)C(=C)C(=C)C1C(C)C. The molecule has 14 heavy (non-hydrogen) atoms. The van der Waals surface area contributed by atoms with Gasteiger partial charge in [0.1, 0.15) is 0 Å².